The average molecular weight is 362 g/mol. The number of anilines is 2. The summed E-state index contributed by atoms with van der Waals surface area (Å²) in [6, 6.07) is 4.88. The number of aromatic hydroxyl groups is 1. The third-order valence-corrected chi connectivity index (χ3v) is 3.86. The Morgan fingerprint density at radius 2 is 2.12 bits per heavy atom. The number of aromatic nitrogens is 4. The van der Waals surface area contributed by atoms with E-state index in [4.69, 9.17) is 17.3 Å². The SMILES string of the molecule is CC(N)CNc1nc(NCc2cc(Cl)ccc2O)c2ncn(C)c2n1. The number of imidazole rings is 1. The number of benzene rings is 1. The van der Waals surface area contributed by atoms with Crippen molar-refractivity contribution in [2.45, 2.75) is 19.5 Å². The van der Waals surface area contributed by atoms with Crippen molar-refractivity contribution in [1.82, 2.24) is 19.5 Å². The second kappa shape index (κ2) is 7.12. The molecule has 0 aliphatic rings. The summed E-state index contributed by atoms with van der Waals surface area (Å²) in [5.41, 5.74) is 7.78. The maximum Gasteiger partial charge on any atom is 0.226 e. The van der Waals surface area contributed by atoms with Gasteiger partial charge in [-0.1, -0.05) is 11.6 Å². The molecule has 1 aromatic carbocycles. The van der Waals surface area contributed by atoms with Crippen LogP contribution in [0.25, 0.3) is 11.2 Å². The van der Waals surface area contributed by atoms with Crippen molar-refractivity contribution in [2.24, 2.45) is 12.8 Å². The Balaban J connectivity index is 1.89. The van der Waals surface area contributed by atoms with E-state index in [0.717, 1.165) is 0 Å². The average Bonchev–Trinajstić information content (AvgIpc) is 2.95. The Labute approximate surface area is 150 Å². The number of nitrogens with two attached hydrogens (primary N) is 1. The summed E-state index contributed by atoms with van der Waals surface area (Å²) in [4.78, 5) is 13.3. The zero-order valence-corrected chi connectivity index (χ0v) is 14.7. The summed E-state index contributed by atoms with van der Waals surface area (Å²) in [7, 11) is 1.87. The highest BCUT2D eigenvalue weighted by molar-refractivity contribution is 6.30. The topological polar surface area (TPSA) is 114 Å². The van der Waals surface area contributed by atoms with E-state index in [2.05, 4.69) is 25.6 Å². The van der Waals surface area contributed by atoms with Gasteiger partial charge in [-0.15, -0.1) is 0 Å². The monoisotopic (exact) mass is 361 g/mol. The number of rotatable bonds is 6. The Bertz CT molecular complexity index is 894. The number of halogens is 1. The van der Waals surface area contributed by atoms with Crippen LogP contribution in [-0.2, 0) is 13.6 Å². The lowest BCUT2D eigenvalue weighted by molar-refractivity contribution is 0.469. The van der Waals surface area contributed by atoms with Crippen LogP contribution in [0.2, 0.25) is 5.02 Å². The third kappa shape index (κ3) is 3.92. The van der Waals surface area contributed by atoms with E-state index in [0.29, 0.717) is 46.6 Å². The van der Waals surface area contributed by atoms with Gasteiger partial charge in [-0.3, -0.25) is 0 Å². The lowest BCUT2D eigenvalue weighted by Gasteiger charge is -2.12. The molecule has 9 heteroatoms. The molecule has 0 bridgehead atoms. The predicted molar refractivity (Wildman–Crippen MR) is 98.9 cm³/mol. The Morgan fingerprint density at radius 1 is 1.32 bits per heavy atom. The van der Waals surface area contributed by atoms with Gasteiger partial charge in [0.2, 0.25) is 5.95 Å². The second-order valence-corrected chi connectivity index (χ2v) is 6.34. The first-order valence-corrected chi connectivity index (χ1v) is 8.21. The highest BCUT2D eigenvalue weighted by Gasteiger charge is 2.13. The van der Waals surface area contributed by atoms with Gasteiger partial charge in [0.1, 0.15) is 5.75 Å². The van der Waals surface area contributed by atoms with E-state index in [1.807, 2.05) is 18.5 Å². The molecule has 5 N–H and O–H groups in total. The van der Waals surface area contributed by atoms with Crippen molar-refractivity contribution < 1.29 is 5.11 Å². The highest BCUT2D eigenvalue weighted by atomic mass is 35.5. The lowest BCUT2D eigenvalue weighted by atomic mass is 10.2. The Kier molecular flexibility index (Phi) is 4.91. The molecular weight excluding hydrogens is 342 g/mol. The second-order valence-electron chi connectivity index (χ2n) is 5.91. The summed E-state index contributed by atoms with van der Waals surface area (Å²) in [6.07, 6.45) is 1.68. The molecule has 25 heavy (non-hydrogen) atoms. The number of nitrogens with zero attached hydrogens (tertiary/aromatic N) is 4. The van der Waals surface area contributed by atoms with Crippen molar-refractivity contribution in [3.8, 4) is 5.75 Å². The molecule has 2 heterocycles. The summed E-state index contributed by atoms with van der Waals surface area (Å²) < 4.78 is 1.82. The number of hydrogen-bond acceptors (Lipinski definition) is 7. The highest BCUT2D eigenvalue weighted by Crippen LogP contribution is 2.24. The van der Waals surface area contributed by atoms with Crippen molar-refractivity contribution >= 4 is 34.5 Å². The first-order chi connectivity index (χ1) is 11.9. The van der Waals surface area contributed by atoms with Gasteiger partial charge in [-0.05, 0) is 25.1 Å². The predicted octanol–water partition coefficient (Wildman–Crippen LogP) is 2.09. The molecule has 0 aliphatic carbocycles. The number of aryl methyl sites for hydroxylation is 1. The van der Waals surface area contributed by atoms with Crippen LogP contribution in [0.1, 0.15) is 12.5 Å². The van der Waals surface area contributed by atoms with Crippen LogP contribution in [0.3, 0.4) is 0 Å². The zero-order chi connectivity index (χ0) is 18.0. The number of phenolic OH excluding ortho intramolecular Hbond substituents is 1. The van der Waals surface area contributed by atoms with Gasteiger partial charge >= 0.3 is 0 Å². The van der Waals surface area contributed by atoms with E-state index in [1.54, 1.807) is 24.5 Å². The molecular formula is C16H20ClN7O. The maximum absolute atomic E-state index is 9.95. The largest absolute Gasteiger partial charge is 0.508 e. The first-order valence-electron chi connectivity index (χ1n) is 7.84. The smallest absolute Gasteiger partial charge is 0.226 e. The van der Waals surface area contributed by atoms with Crippen LogP contribution in [0, 0.1) is 0 Å². The first kappa shape index (κ1) is 17.2. The summed E-state index contributed by atoms with van der Waals surface area (Å²) in [5.74, 6) is 1.20. The van der Waals surface area contributed by atoms with Gasteiger partial charge in [0.25, 0.3) is 0 Å². The number of hydrogen-bond donors (Lipinski definition) is 4. The van der Waals surface area contributed by atoms with Crippen molar-refractivity contribution in [3.63, 3.8) is 0 Å². The fraction of sp³-hybridized carbons (Fsp3) is 0.312. The van der Waals surface area contributed by atoms with Gasteiger partial charge in [-0.25, -0.2) is 4.98 Å². The van der Waals surface area contributed by atoms with Crippen molar-refractivity contribution in [3.05, 3.63) is 35.1 Å². The van der Waals surface area contributed by atoms with Gasteiger partial charge in [0.15, 0.2) is 17.0 Å². The minimum atomic E-state index is -0.0225. The van der Waals surface area contributed by atoms with E-state index in [9.17, 15) is 5.11 Å². The molecule has 0 saturated carbocycles. The van der Waals surface area contributed by atoms with Crippen LogP contribution < -0.4 is 16.4 Å². The lowest BCUT2D eigenvalue weighted by Crippen LogP contribution is -2.26. The summed E-state index contributed by atoms with van der Waals surface area (Å²) in [6.45, 7) is 2.80. The molecule has 0 aliphatic heterocycles. The van der Waals surface area contributed by atoms with Crippen LogP contribution in [0.15, 0.2) is 24.5 Å². The van der Waals surface area contributed by atoms with Gasteiger partial charge in [0, 0.05) is 36.8 Å². The zero-order valence-electron chi connectivity index (χ0n) is 14.0. The molecule has 1 unspecified atom stereocenters. The number of phenols is 1. The Hall–Kier alpha value is -2.58. The fourth-order valence-corrected chi connectivity index (χ4v) is 2.53. The molecule has 0 saturated heterocycles. The van der Waals surface area contributed by atoms with E-state index in [1.165, 1.54) is 0 Å². The molecule has 0 amide bonds. The van der Waals surface area contributed by atoms with Crippen LogP contribution >= 0.6 is 11.6 Å². The molecule has 0 fully saturated rings. The molecule has 2 aromatic heterocycles. The molecule has 0 spiro atoms. The van der Waals surface area contributed by atoms with E-state index < -0.39 is 0 Å². The number of nitrogens with one attached hydrogen (secondary N) is 2. The van der Waals surface area contributed by atoms with E-state index in [-0.39, 0.29) is 11.8 Å². The van der Waals surface area contributed by atoms with Gasteiger partial charge < -0.3 is 26.0 Å². The molecule has 0 radical (unpaired) electrons. The molecule has 132 valence electrons. The standard InChI is InChI=1S/C16H20ClN7O/c1-9(18)6-20-16-22-14(13-15(23-16)24(2)8-21-13)19-7-10-5-11(17)3-4-12(10)25/h3-5,8-9,25H,6-7,18H2,1-2H3,(H2,19,20,22,23). The van der Waals surface area contributed by atoms with Crippen LogP contribution in [0.4, 0.5) is 11.8 Å². The number of fused-ring (bicyclic) bond motifs is 1. The maximum atomic E-state index is 9.95. The fourth-order valence-electron chi connectivity index (χ4n) is 2.34. The third-order valence-electron chi connectivity index (χ3n) is 3.63. The van der Waals surface area contributed by atoms with Crippen LogP contribution in [-0.4, -0.2) is 37.2 Å². The molecule has 8 nitrogen and oxygen atoms in total. The normalized spacial score (nSPS) is 12.3. The summed E-state index contributed by atoms with van der Waals surface area (Å²) in [5, 5.41) is 16.8. The quantitative estimate of drug-likeness (QED) is 0.531. The van der Waals surface area contributed by atoms with Crippen LogP contribution in [0.5, 0.6) is 5.75 Å². The van der Waals surface area contributed by atoms with Gasteiger partial charge in [0.05, 0.1) is 6.33 Å². The molecule has 3 aromatic rings. The van der Waals surface area contributed by atoms with Crippen molar-refractivity contribution in [1.29, 1.82) is 0 Å². The minimum Gasteiger partial charge on any atom is -0.508 e. The van der Waals surface area contributed by atoms with Gasteiger partial charge in [-0.2, -0.15) is 9.97 Å². The summed E-state index contributed by atoms with van der Waals surface area (Å²) >= 11 is 5.99. The van der Waals surface area contributed by atoms with Crippen molar-refractivity contribution in [2.75, 3.05) is 17.2 Å². The minimum absolute atomic E-state index is 0.0225. The van der Waals surface area contributed by atoms with E-state index >= 15 is 0 Å². The molecule has 1 atom stereocenters. The molecule has 3 rings (SSSR count). The Morgan fingerprint density at radius 3 is 2.88 bits per heavy atom.